The lowest BCUT2D eigenvalue weighted by molar-refractivity contribution is -0.126. The SMILES string of the molecule is C[C@H](NC(=O)[C@@H]1CNC[C@H]1C)C1CCCCCC1. The molecular weight excluding hydrogens is 224 g/mol. The van der Waals surface area contributed by atoms with Gasteiger partial charge in [0, 0.05) is 12.6 Å². The molecule has 2 rings (SSSR count). The fourth-order valence-corrected chi connectivity index (χ4v) is 3.42. The topological polar surface area (TPSA) is 41.1 Å². The molecule has 1 aliphatic carbocycles. The van der Waals surface area contributed by atoms with Crippen LogP contribution in [0.4, 0.5) is 0 Å². The van der Waals surface area contributed by atoms with Crippen LogP contribution in [-0.2, 0) is 4.79 Å². The summed E-state index contributed by atoms with van der Waals surface area (Å²) < 4.78 is 0. The number of carbonyl (C=O) groups is 1. The van der Waals surface area contributed by atoms with Crippen LogP contribution in [0.25, 0.3) is 0 Å². The summed E-state index contributed by atoms with van der Waals surface area (Å²) in [5.41, 5.74) is 0. The number of carbonyl (C=O) groups excluding carboxylic acids is 1. The van der Waals surface area contributed by atoms with E-state index >= 15 is 0 Å². The number of hydrogen-bond donors (Lipinski definition) is 2. The third-order valence-corrected chi connectivity index (χ3v) is 4.83. The predicted octanol–water partition coefficient (Wildman–Crippen LogP) is 2.32. The zero-order valence-electron chi connectivity index (χ0n) is 11.9. The average molecular weight is 252 g/mol. The van der Waals surface area contributed by atoms with Gasteiger partial charge in [0.05, 0.1) is 5.92 Å². The van der Waals surface area contributed by atoms with Gasteiger partial charge in [0.25, 0.3) is 0 Å². The van der Waals surface area contributed by atoms with E-state index in [1.807, 2.05) is 0 Å². The van der Waals surface area contributed by atoms with Crippen LogP contribution in [0, 0.1) is 17.8 Å². The molecule has 18 heavy (non-hydrogen) atoms. The molecule has 0 aromatic carbocycles. The monoisotopic (exact) mass is 252 g/mol. The van der Waals surface area contributed by atoms with Gasteiger partial charge in [0.1, 0.15) is 0 Å². The molecule has 1 amide bonds. The Balaban J connectivity index is 1.82. The summed E-state index contributed by atoms with van der Waals surface area (Å²) in [6.07, 6.45) is 8.01. The van der Waals surface area contributed by atoms with Gasteiger partial charge in [-0.25, -0.2) is 0 Å². The highest BCUT2D eigenvalue weighted by Crippen LogP contribution is 2.26. The molecule has 0 aromatic rings. The number of rotatable bonds is 3. The first-order valence-electron chi connectivity index (χ1n) is 7.69. The maximum Gasteiger partial charge on any atom is 0.224 e. The lowest BCUT2D eigenvalue weighted by Gasteiger charge is -2.25. The third-order valence-electron chi connectivity index (χ3n) is 4.83. The minimum absolute atomic E-state index is 0.179. The Labute approximate surface area is 111 Å². The van der Waals surface area contributed by atoms with Crippen molar-refractivity contribution in [3.05, 3.63) is 0 Å². The summed E-state index contributed by atoms with van der Waals surface area (Å²) in [7, 11) is 0. The Morgan fingerprint density at radius 2 is 1.83 bits per heavy atom. The van der Waals surface area contributed by atoms with Gasteiger partial charge in [0.2, 0.25) is 5.91 Å². The maximum absolute atomic E-state index is 12.2. The smallest absolute Gasteiger partial charge is 0.224 e. The molecule has 3 atom stereocenters. The van der Waals surface area contributed by atoms with Crippen LogP contribution >= 0.6 is 0 Å². The summed E-state index contributed by atoms with van der Waals surface area (Å²) in [4.78, 5) is 12.2. The van der Waals surface area contributed by atoms with E-state index in [0.29, 0.717) is 17.9 Å². The fourth-order valence-electron chi connectivity index (χ4n) is 3.42. The minimum atomic E-state index is 0.179. The van der Waals surface area contributed by atoms with E-state index in [2.05, 4.69) is 24.5 Å². The van der Waals surface area contributed by atoms with Crippen LogP contribution in [0.3, 0.4) is 0 Å². The van der Waals surface area contributed by atoms with Crippen molar-refractivity contribution in [1.29, 1.82) is 0 Å². The van der Waals surface area contributed by atoms with Crippen molar-refractivity contribution in [3.63, 3.8) is 0 Å². The molecule has 0 radical (unpaired) electrons. The van der Waals surface area contributed by atoms with Crippen LogP contribution in [0.15, 0.2) is 0 Å². The molecule has 3 nitrogen and oxygen atoms in total. The minimum Gasteiger partial charge on any atom is -0.353 e. The second-order valence-electron chi connectivity index (χ2n) is 6.29. The molecule has 3 heteroatoms. The third kappa shape index (κ3) is 3.47. The summed E-state index contributed by atoms with van der Waals surface area (Å²) in [6, 6.07) is 0.350. The van der Waals surface area contributed by atoms with Crippen molar-refractivity contribution >= 4 is 5.91 Å². The molecule has 0 spiro atoms. The zero-order valence-corrected chi connectivity index (χ0v) is 11.9. The van der Waals surface area contributed by atoms with Crippen LogP contribution in [0.2, 0.25) is 0 Å². The Morgan fingerprint density at radius 1 is 1.17 bits per heavy atom. The van der Waals surface area contributed by atoms with E-state index in [4.69, 9.17) is 0 Å². The van der Waals surface area contributed by atoms with Crippen molar-refractivity contribution in [3.8, 4) is 0 Å². The number of amides is 1. The van der Waals surface area contributed by atoms with E-state index < -0.39 is 0 Å². The molecular formula is C15H28N2O. The lowest BCUT2D eigenvalue weighted by Crippen LogP contribution is -2.43. The van der Waals surface area contributed by atoms with Gasteiger partial charge >= 0.3 is 0 Å². The number of hydrogen-bond acceptors (Lipinski definition) is 2. The Hall–Kier alpha value is -0.570. The zero-order chi connectivity index (χ0) is 13.0. The van der Waals surface area contributed by atoms with E-state index in [0.717, 1.165) is 13.1 Å². The summed E-state index contributed by atoms with van der Waals surface area (Å²) in [5.74, 6) is 1.62. The first-order valence-corrected chi connectivity index (χ1v) is 7.69. The standard InChI is InChI=1S/C15H28N2O/c1-11-9-16-10-14(11)15(18)17-12(2)13-7-5-3-4-6-8-13/h11-14,16H,3-10H2,1-2H3,(H,17,18)/t11-,12+,14-/m1/s1. The average Bonchev–Trinajstić information content (AvgIpc) is 2.63. The maximum atomic E-state index is 12.2. The Kier molecular flexibility index (Phi) is 5.04. The Morgan fingerprint density at radius 3 is 2.39 bits per heavy atom. The summed E-state index contributed by atoms with van der Waals surface area (Å²) in [5, 5.41) is 6.58. The molecule has 2 aliphatic rings. The van der Waals surface area contributed by atoms with Crippen LogP contribution in [-0.4, -0.2) is 25.0 Å². The molecule has 1 saturated heterocycles. The number of nitrogens with one attached hydrogen (secondary N) is 2. The fraction of sp³-hybridized carbons (Fsp3) is 0.933. The van der Waals surface area contributed by atoms with Crippen LogP contribution in [0.5, 0.6) is 0 Å². The van der Waals surface area contributed by atoms with Gasteiger partial charge < -0.3 is 10.6 Å². The predicted molar refractivity (Wildman–Crippen MR) is 74.3 cm³/mol. The largest absolute Gasteiger partial charge is 0.353 e. The van der Waals surface area contributed by atoms with E-state index in [1.54, 1.807) is 0 Å². The highest BCUT2D eigenvalue weighted by molar-refractivity contribution is 5.79. The summed E-state index contributed by atoms with van der Waals surface area (Å²) in [6.45, 7) is 6.20. The second kappa shape index (κ2) is 6.55. The molecule has 0 unspecified atom stereocenters. The first kappa shape index (κ1) is 13.9. The molecule has 2 N–H and O–H groups in total. The van der Waals surface area contributed by atoms with Crippen molar-refractivity contribution in [2.75, 3.05) is 13.1 Å². The van der Waals surface area contributed by atoms with Gasteiger partial charge in [-0.1, -0.05) is 32.6 Å². The van der Waals surface area contributed by atoms with Crippen LogP contribution < -0.4 is 10.6 Å². The molecule has 0 bridgehead atoms. The van der Waals surface area contributed by atoms with E-state index in [1.165, 1.54) is 38.5 Å². The van der Waals surface area contributed by atoms with Crippen molar-refractivity contribution in [2.45, 2.75) is 58.4 Å². The van der Waals surface area contributed by atoms with E-state index in [9.17, 15) is 4.79 Å². The first-order chi connectivity index (χ1) is 8.68. The molecule has 2 fully saturated rings. The molecule has 1 heterocycles. The van der Waals surface area contributed by atoms with E-state index in [-0.39, 0.29) is 11.8 Å². The molecule has 104 valence electrons. The van der Waals surface area contributed by atoms with Crippen molar-refractivity contribution in [2.24, 2.45) is 17.8 Å². The molecule has 0 aromatic heterocycles. The lowest BCUT2D eigenvalue weighted by atomic mass is 9.91. The normalized spacial score (nSPS) is 31.9. The quantitative estimate of drug-likeness (QED) is 0.757. The van der Waals surface area contributed by atoms with Gasteiger partial charge in [0.15, 0.2) is 0 Å². The van der Waals surface area contributed by atoms with Gasteiger partial charge in [-0.15, -0.1) is 0 Å². The second-order valence-corrected chi connectivity index (χ2v) is 6.29. The highest BCUT2D eigenvalue weighted by atomic mass is 16.2. The summed E-state index contributed by atoms with van der Waals surface area (Å²) >= 11 is 0. The van der Waals surface area contributed by atoms with Crippen LogP contribution in [0.1, 0.15) is 52.4 Å². The van der Waals surface area contributed by atoms with Gasteiger partial charge in [-0.3, -0.25) is 4.79 Å². The van der Waals surface area contributed by atoms with Gasteiger partial charge in [-0.2, -0.15) is 0 Å². The molecule has 1 saturated carbocycles. The van der Waals surface area contributed by atoms with Crippen molar-refractivity contribution < 1.29 is 4.79 Å². The highest BCUT2D eigenvalue weighted by Gasteiger charge is 2.31. The molecule has 1 aliphatic heterocycles. The van der Waals surface area contributed by atoms with Crippen molar-refractivity contribution in [1.82, 2.24) is 10.6 Å². The Bertz CT molecular complexity index is 272. The van der Waals surface area contributed by atoms with Gasteiger partial charge in [-0.05, 0) is 38.1 Å².